The summed E-state index contributed by atoms with van der Waals surface area (Å²) in [5.41, 5.74) is 1.54. The van der Waals surface area contributed by atoms with E-state index < -0.39 is 10.0 Å². The summed E-state index contributed by atoms with van der Waals surface area (Å²) in [7, 11) is -2.10. The number of sulfonamides is 1. The van der Waals surface area contributed by atoms with Crippen molar-refractivity contribution in [2.45, 2.75) is 24.2 Å². The predicted molar refractivity (Wildman–Crippen MR) is 112 cm³/mol. The minimum atomic E-state index is -3.65. The lowest BCUT2D eigenvalue weighted by atomic mass is 10.1. The Hall–Kier alpha value is -3.04. The maximum atomic E-state index is 13.1. The van der Waals surface area contributed by atoms with Crippen molar-refractivity contribution in [3.05, 3.63) is 70.4 Å². The maximum absolute atomic E-state index is 13.1. The first-order valence-corrected chi connectivity index (χ1v) is 11.0. The van der Waals surface area contributed by atoms with Gasteiger partial charge in [-0.2, -0.15) is 4.31 Å². The van der Waals surface area contributed by atoms with Crippen molar-refractivity contribution in [3.8, 4) is 17.1 Å². The molecule has 3 heterocycles. The molecule has 3 aromatic rings. The third-order valence-electron chi connectivity index (χ3n) is 5.23. The zero-order valence-corrected chi connectivity index (χ0v) is 17.5. The average Bonchev–Trinajstić information content (AvgIpc) is 3.25. The average molecular weight is 426 g/mol. The number of aryl methyl sites for hydroxylation is 1. The van der Waals surface area contributed by atoms with Gasteiger partial charge in [-0.3, -0.25) is 9.78 Å². The first-order chi connectivity index (χ1) is 14.4. The van der Waals surface area contributed by atoms with Gasteiger partial charge in [0.15, 0.2) is 0 Å². The summed E-state index contributed by atoms with van der Waals surface area (Å²) >= 11 is 0. The highest BCUT2D eigenvalue weighted by Crippen LogP contribution is 2.31. The molecular formula is C21H22N4O4S. The molecule has 1 aliphatic rings. The lowest BCUT2D eigenvalue weighted by molar-refractivity contribution is 0.411. The fraction of sp³-hybridized carbons (Fsp3) is 0.286. The quantitative estimate of drug-likeness (QED) is 0.671. The zero-order valence-electron chi connectivity index (χ0n) is 16.7. The summed E-state index contributed by atoms with van der Waals surface area (Å²) in [6.07, 6.45) is 2.21. The molecule has 2 aromatic heterocycles. The number of benzene rings is 1. The van der Waals surface area contributed by atoms with E-state index in [0.29, 0.717) is 35.9 Å². The number of ether oxygens (including phenoxy) is 1. The molecule has 0 radical (unpaired) electrons. The molecule has 0 spiro atoms. The van der Waals surface area contributed by atoms with Gasteiger partial charge in [0.25, 0.3) is 5.56 Å². The van der Waals surface area contributed by atoms with Crippen LogP contribution in [0.3, 0.4) is 0 Å². The summed E-state index contributed by atoms with van der Waals surface area (Å²) in [6.45, 7) is 2.42. The lowest BCUT2D eigenvalue weighted by Gasteiger charge is -2.17. The molecule has 0 saturated carbocycles. The molecular weight excluding hydrogens is 404 g/mol. The van der Waals surface area contributed by atoms with Gasteiger partial charge < -0.3 is 9.72 Å². The van der Waals surface area contributed by atoms with Crippen LogP contribution >= 0.6 is 0 Å². The predicted octanol–water partition coefficient (Wildman–Crippen LogP) is 2.33. The fourth-order valence-corrected chi connectivity index (χ4v) is 5.23. The number of H-pyrrole nitrogens is 1. The highest BCUT2D eigenvalue weighted by Gasteiger charge is 2.34. The van der Waals surface area contributed by atoms with Crippen LogP contribution in [0.15, 0.2) is 58.4 Å². The molecule has 30 heavy (non-hydrogen) atoms. The van der Waals surface area contributed by atoms with Crippen LogP contribution in [-0.2, 0) is 10.0 Å². The topological polar surface area (TPSA) is 105 Å². The molecule has 0 unspecified atom stereocenters. The lowest BCUT2D eigenvalue weighted by Crippen LogP contribution is -2.29. The van der Waals surface area contributed by atoms with Gasteiger partial charge in [-0.15, -0.1) is 0 Å². The van der Waals surface area contributed by atoms with Gasteiger partial charge in [-0.1, -0.05) is 6.07 Å². The van der Waals surface area contributed by atoms with Crippen LogP contribution in [0.5, 0.6) is 5.75 Å². The van der Waals surface area contributed by atoms with Crippen molar-refractivity contribution >= 4 is 10.0 Å². The summed E-state index contributed by atoms with van der Waals surface area (Å²) in [5.74, 6) is 0.920. The van der Waals surface area contributed by atoms with Crippen LogP contribution < -0.4 is 10.3 Å². The second-order valence-electron chi connectivity index (χ2n) is 7.21. The van der Waals surface area contributed by atoms with Crippen LogP contribution in [0, 0.1) is 6.92 Å². The number of hydrogen-bond donors (Lipinski definition) is 1. The third kappa shape index (κ3) is 3.86. The van der Waals surface area contributed by atoms with E-state index in [0.717, 1.165) is 5.56 Å². The van der Waals surface area contributed by atoms with Crippen molar-refractivity contribution in [2.24, 2.45) is 0 Å². The largest absolute Gasteiger partial charge is 0.496 e. The van der Waals surface area contributed by atoms with E-state index in [9.17, 15) is 13.2 Å². The Morgan fingerprint density at radius 2 is 2.00 bits per heavy atom. The first kappa shape index (κ1) is 20.2. The molecule has 0 aliphatic carbocycles. The molecule has 4 rings (SSSR count). The van der Waals surface area contributed by atoms with Gasteiger partial charge >= 0.3 is 0 Å². The molecule has 156 valence electrons. The fourth-order valence-electron chi connectivity index (χ4n) is 3.65. The summed E-state index contributed by atoms with van der Waals surface area (Å²) in [4.78, 5) is 24.0. The molecule has 0 amide bonds. The van der Waals surface area contributed by atoms with Crippen molar-refractivity contribution in [1.29, 1.82) is 0 Å². The molecule has 0 bridgehead atoms. The monoisotopic (exact) mass is 426 g/mol. The molecule has 1 aliphatic heterocycles. The van der Waals surface area contributed by atoms with E-state index in [1.165, 1.54) is 10.4 Å². The second kappa shape index (κ2) is 8.00. The van der Waals surface area contributed by atoms with Gasteiger partial charge in [-0.05, 0) is 49.2 Å². The van der Waals surface area contributed by atoms with Crippen LogP contribution in [0.1, 0.15) is 23.7 Å². The normalized spacial score (nSPS) is 17.2. The van der Waals surface area contributed by atoms with Crippen molar-refractivity contribution in [2.75, 3.05) is 20.2 Å². The summed E-state index contributed by atoms with van der Waals surface area (Å²) in [6, 6.07) is 11.6. The number of pyridine rings is 1. The number of aromatic nitrogens is 3. The number of hydrogen-bond acceptors (Lipinski definition) is 6. The molecule has 1 saturated heterocycles. The van der Waals surface area contributed by atoms with Crippen molar-refractivity contribution in [3.63, 3.8) is 0 Å². The Bertz CT molecular complexity index is 1230. The standard InChI is InChI=1S/C21H22N4O4S/c1-14-11-16(6-7-19(14)29-2)30(27,28)25-10-8-15(13-25)21-23-18(12-20(26)24-21)17-5-3-4-9-22-17/h3-7,9,11-12,15H,8,10,13H2,1-2H3,(H,23,24,26)/t15-/m1/s1. The van der Waals surface area contributed by atoms with E-state index in [-0.39, 0.29) is 22.9 Å². The molecule has 8 nitrogen and oxygen atoms in total. The SMILES string of the molecule is COc1ccc(S(=O)(=O)N2CC[C@@H](c3nc(-c4ccccn4)cc(=O)[nH]3)C2)cc1C. The van der Waals surface area contributed by atoms with Gasteiger partial charge in [0.2, 0.25) is 10.0 Å². The van der Waals surface area contributed by atoms with Crippen LogP contribution in [0.2, 0.25) is 0 Å². The maximum Gasteiger partial charge on any atom is 0.251 e. The van der Waals surface area contributed by atoms with E-state index >= 15 is 0 Å². The van der Waals surface area contributed by atoms with E-state index in [1.54, 1.807) is 43.6 Å². The molecule has 9 heteroatoms. The van der Waals surface area contributed by atoms with Gasteiger partial charge in [-0.25, -0.2) is 13.4 Å². The highest BCUT2D eigenvalue weighted by atomic mass is 32.2. The Morgan fingerprint density at radius 1 is 1.17 bits per heavy atom. The number of nitrogens with one attached hydrogen (secondary N) is 1. The Balaban J connectivity index is 1.60. The molecule has 1 aromatic carbocycles. The summed E-state index contributed by atoms with van der Waals surface area (Å²) < 4.78 is 32.9. The number of rotatable bonds is 5. The zero-order chi connectivity index (χ0) is 21.3. The van der Waals surface area contributed by atoms with Crippen molar-refractivity contribution < 1.29 is 13.2 Å². The smallest absolute Gasteiger partial charge is 0.251 e. The van der Waals surface area contributed by atoms with Gasteiger partial charge in [0.1, 0.15) is 11.6 Å². The molecule has 1 atom stereocenters. The molecule has 1 N–H and O–H groups in total. The number of nitrogens with zero attached hydrogens (tertiary/aromatic N) is 3. The van der Waals surface area contributed by atoms with Gasteiger partial charge in [0, 0.05) is 31.3 Å². The van der Waals surface area contributed by atoms with Crippen LogP contribution in [-0.4, -0.2) is 47.9 Å². The highest BCUT2D eigenvalue weighted by molar-refractivity contribution is 7.89. The minimum Gasteiger partial charge on any atom is -0.496 e. The minimum absolute atomic E-state index is 0.199. The number of aromatic amines is 1. The van der Waals surface area contributed by atoms with E-state index in [1.807, 2.05) is 13.0 Å². The van der Waals surface area contributed by atoms with Crippen molar-refractivity contribution in [1.82, 2.24) is 19.3 Å². The Kier molecular flexibility index (Phi) is 5.40. The number of methoxy groups -OCH3 is 1. The summed E-state index contributed by atoms with van der Waals surface area (Å²) in [5, 5.41) is 0. The third-order valence-corrected chi connectivity index (χ3v) is 7.09. The second-order valence-corrected chi connectivity index (χ2v) is 9.15. The Morgan fingerprint density at radius 3 is 2.70 bits per heavy atom. The Labute approximate surface area is 174 Å². The molecule has 1 fully saturated rings. The van der Waals surface area contributed by atoms with E-state index in [2.05, 4.69) is 15.0 Å². The van der Waals surface area contributed by atoms with Gasteiger partial charge in [0.05, 0.1) is 23.4 Å². The van der Waals surface area contributed by atoms with E-state index in [4.69, 9.17) is 4.74 Å². The van der Waals surface area contributed by atoms with Crippen LogP contribution in [0.25, 0.3) is 11.4 Å². The first-order valence-electron chi connectivity index (χ1n) is 9.56. The van der Waals surface area contributed by atoms with Crippen LogP contribution in [0.4, 0.5) is 0 Å².